The van der Waals surface area contributed by atoms with Crippen molar-refractivity contribution < 1.29 is 21.9 Å². The lowest BCUT2D eigenvalue weighted by atomic mass is 10.2. The first-order valence-corrected chi connectivity index (χ1v) is 11.4. The number of rotatable bonds is 8. The van der Waals surface area contributed by atoms with Crippen molar-refractivity contribution in [2.24, 2.45) is 7.05 Å². The number of pyridine rings is 1. The Morgan fingerprint density at radius 3 is 2.45 bits per heavy atom. The number of benzene rings is 1. The van der Waals surface area contributed by atoms with Gasteiger partial charge in [0.05, 0.1) is 22.9 Å². The molecule has 0 saturated carbocycles. The number of aromatic nitrogens is 3. The van der Waals surface area contributed by atoms with Crippen molar-refractivity contribution in [2.45, 2.75) is 25.5 Å². The molecule has 0 radical (unpaired) electrons. The summed E-state index contributed by atoms with van der Waals surface area (Å²) in [7, 11) is -1.91. The van der Waals surface area contributed by atoms with Crippen LogP contribution in [-0.2, 0) is 22.6 Å². The fourth-order valence-electron chi connectivity index (χ4n) is 2.82. The molecule has 0 spiro atoms. The third-order valence-corrected chi connectivity index (χ3v) is 6.08. The van der Waals surface area contributed by atoms with E-state index in [-0.39, 0.29) is 28.5 Å². The zero-order valence-corrected chi connectivity index (χ0v) is 17.8. The van der Waals surface area contributed by atoms with Crippen molar-refractivity contribution in [3.63, 3.8) is 0 Å². The van der Waals surface area contributed by atoms with Crippen LogP contribution in [0.5, 0.6) is 11.8 Å². The lowest BCUT2D eigenvalue weighted by Gasteiger charge is -2.11. The van der Waals surface area contributed by atoms with Gasteiger partial charge in [0, 0.05) is 24.9 Å². The summed E-state index contributed by atoms with van der Waals surface area (Å²) in [5.41, 5.74) is 0.598. The minimum Gasteiger partial charge on any atom is -0.418 e. The van der Waals surface area contributed by atoms with E-state index in [9.17, 15) is 22.0 Å². The van der Waals surface area contributed by atoms with E-state index in [4.69, 9.17) is 4.74 Å². The van der Waals surface area contributed by atoms with Gasteiger partial charge in [0.2, 0.25) is 11.3 Å². The lowest BCUT2D eigenvalue weighted by molar-refractivity contribution is 0.381. The van der Waals surface area contributed by atoms with Gasteiger partial charge in [0.25, 0.3) is 0 Å². The van der Waals surface area contributed by atoms with Crippen LogP contribution < -0.4 is 10.3 Å². The number of nitrogens with zero attached hydrogens (tertiary/aromatic N) is 3. The molecule has 0 aliphatic heterocycles. The second-order valence-corrected chi connectivity index (χ2v) is 9.18. The summed E-state index contributed by atoms with van der Waals surface area (Å²) in [5.74, 6) is -2.99. The molecular weight excluding hydrogens is 428 g/mol. The topological polar surface area (TPSA) is 91.2 Å². The largest absolute Gasteiger partial charge is 0.418 e. The molecule has 0 amide bonds. The number of ether oxygens (including phenoxy) is 1. The summed E-state index contributed by atoms with van der Waals surface area (Å²) in [6.45, 7) is 1.88. The molecule has 3 aromatic rings. The Labute approximate surface area is 178 Å². The van der Waals surface area contributed by atoms with E-state index in [2.05, 4.69) is 9.97 Å². The van der Waals surface area contributed by atoms with Gasteiger partial charge < -0.3 is 9.30 Å². The maximum absolute atomic E-state index is 14.0. The summed E-state index contributed by atoms with van der Waals surface area (Å²) < 4.78 is 59.4. The summed E-state index contributed by atoms with van der Waals surface area (Å²) in [4.78, 5) is 19.9. The van der Waals surface area contributed by atoms with Crippen molar-refractivity contribution in [1.82, 2.24) is 14.5 Å². The van der Waals surface area contributed by atoms with Gasteiger partial charge in [-0.25, -0.2) is 17.2 Å². The summed E-state index contributed by atoms with van der Waals surface area (Å²) in [6.07, 6.45) is 2.73. The van der Waals surface area contributed by atoms with Gasteiger partial charge in [-0.05, 0) is 30.7 Å². The average molecular weight is 449 g/mol. The molecule has 0 unspecified atom stereocenters. The molecule has 31 heavy (non-hydrogen) atoms. The average Bonchev–Trinajstić information content (AvgIpc) is 2.71. The fourth-order valence-corrected chi connectivity index (χ4v) is 4.29. The lowest BCUT2D eigenvalue weighted by Crippen LogP contribution is -2.14. The molecular formula is C21H21F2N3O4S. The van der Waals surface area contributed by atoms with Crippen LogP contribution in [-0.4, -0.2) is 28.7 Å². The first kappa shape index (κ1) is 22.5. The predicted molar refractivity (Wildman–Crippen MR) is 112 cm³/mol. The zero-order chi connectivity index (χ0) is 22.6. The minimum atomic E-state index is -3.47. The first-order chi connectivity index (χ1) is 14.7. The van der Waals surface area contributed by atoms with Crippen LogP contribution in [0.2, 0.25) is 0 Å². The Morgan fingerprint density at radius 1 is 1.10 bits per heavy atom. The highest BCUT2D eigenvalue weighted by Gasteiger charge is 2.18. The number of unbranched alkanes of at least 4 members (excludes halogenated alkanes) is 1. The molecule has 0 bridgehead atoms. The molecule has 0 N–H and O–H groups in total. The minimum absolute atomic E-state index is 0.0131. The summed E-state index contributed by atoms with van der Waals surface area (Å²) >= 11 is 0. The molecule has 0 aliphatic rings. The molecule has 0 saturated heterocycles. The second-order valence-electron chi connectivity index (χ2n) is 6.99. The third-order valence-electron chi connectivity index (χ3n) is 4.43. The van der Waals surface area contributed by atoms with Gasteiger partial charge in [0.1, 0.15) is 0 Å². The molecule has 2 aromatic heterocycles. The molecule has 3 rings (SSSR count). The highest BCUT2D eigenvalue weighted by molar-refractivity contribution is 7.90. The molecule has 0 aliphatic carbocycles. The van der Waals surface area contributed by atoms with E-state index in [1.165, 1.54) is 35.0 Å². The van der Waals surface area contributed by atoms with E-state index in [0.717, 1.165) is 12.1 Å². The number of hydrogen-bond acceptors (Lipinski definition) is 6. The molecule has 164 valence electrons. The van der Waals surface area contributed by atoms with Crippen LogP contribution in [0.4, 0.5) is 8.78 Å². The molecule has 2 heterocycles. The number of sulfone groups is 1. The van der Waals surface area contributed by atoms with Crippen LogP contribution in [0.1, 0.15) is 25.5 Å². The van der Waals surface area contributed by atoms with Crippen LogP contribution in [0, 0.1) is 11.6 Å². The SMILES string of the molecule is CCCCS(=O)(=O)Cc1cc(-c2ccc(=O)n(C)c2)nc(Oc2c(F)cccc2F)n1. The van der Waals surface area contributed by atoms with Crippen molar-refractivity contribution >= 4 is 9.84 Å². The first-order valence-electron chi connectivity index (χ1n) is 9.56. The van der Waals surface area contributed by atoms with Crippen LogP contribution in [0.3, 0.4) is 0 Å². The Kier molecular flexibility index (Phi) is 6.79. The van der Waals surface area contributed by atoms with E-state index in [1.54, 1.807) is 7.05 Å². The zero-order valence-electron chi connectivity index (χ0n) is 17.0. The number of hydrogen-bond donors (Lipinski definition) is 0. The van der Waals surface area contributed by atoms with Crippen LogP contribution >= 0.6 is 0 Å². The fraction of sp³-hybridized carbons (Fsp3) is 0.286. The normalized spacial score (nSPS) is 11.5. The van der Waals surface area contributed by atoms with Crippen molar-refractivity contribution in [1.29, 1.82) is 0 Å². The van der Waals surface area contributed by atoms with Gasteiger partial charge >= 0.3 is 6.01 Å². The van der Waals surface area contributed by atoms with Gasteiger partial charge in [-0.2, -0.15) is 9.97 Å². The second kappa shape index (κ2) is 9.34. The van der Waals surface area contributed by atoms with Crippen LogP contribution in [0.25, 0.3) is 11.3 Å². The summed E-state index contributed by atoms with van der Waals surface area (Å²) in [5, 5.41) is 0. The van der Waals surface area contributed by atoms with E-state index < -0.39 is 33.2 Å². The number of aryl methyl sites for hydroxylation is 1. The molecule has 0 atom stereocenters. The Morgan fingerprint density at radius 2 is 1.81 bits per heavy atom. The third kappa shape index (κ3) is 5.72. The maximum Gasteiger partial charge on any atom is 0.322 e. The Balaban J connectivity index is 2.07. The standard InChI is InChI=1S/C21H21F2N3O4S/c1-3-4-10-31(28,29)13-15-11-18(14-8-9-19(27)26(2)12-14)25-21(24-15)30-20-16(22)6-5-7-17(20)23/h5-9,11-12H,3-4,10,13H2,1-2H3. The monoisotopic (exact) mass is 449 g/mol. The Hall–Kier alpha value is -3.14. The van der Waals surface area contributed by atoms with Gasteiger partial charge in [0.15, 0.2) is 21.5 Å². The quantitative estimate of drug-likeness (QED) is 0.522. The smallest absolute Gasteiger partial charge is 0.322 e. The van der Waals surface area contributed by atoms with Crippen molar-refractivity contribution in [3.05, 3.63) is 70.3 Å². The van der Waals surface area contributed by atoms with Crippen molar-refractivity contribution in [3.8, 4) is 23.0 Å². The number of para-hydroxylation sites is 1. The highest BCUT2D eigenvalue weighted by Crippen LogP contribution is 2.28. The van der Waals surface area contributed by atoms with Gasteiger partial charge in [-0.3, -0.25) is 4.79 Å². The maximum atomic E-state index is 14.0. The highest BCUT2D eigenvalue weighted by atomic mass is 32.2. The predicted octanol–water partition coefficient (Wildman–Crippen LogP) is 3.63. The molecule has 1 aromatic carbocycles. The van der Waals surface area contributed by atoms with Gasteiger partial charge in [-0.15, -0.1) is 0 Å². The molecule has 7 nitrogen and oxygen atoms in total. The number of halogens is 2. The van der Waals surface area contributed by atoms with Gasteiger partial charge in [-0.1, -0.05) is 19.4 Å². The summed E-state index contributed by atoms with van der Waals surface area (Å²) in [6, 6.07) is 7.10. The van der Waals surface area contributed by atoms with Crippen LogP contribution in [0.15, 0.2) is 47.4 Å². The van der Waals surface area contributed by atoms with Crippen molar-refractivity contribution in [2.75, 3.05) is 5.75 Å². The molecule has 10 heteroatoms. The van der Waals surface area contributed by atoms with E-state index in [0.29, 0.717) is 18.4 Å². The Bertz CT molecular complexity index is 1240. The molecule has 0 fully saturated rings. The van der Waals surface area contributed by atoms with E-state index in [1.807, 2.05) is 6.92 Å². The van der Waals surface area contributed by atoms with E-state index >= 15 is 0 Å².